The van der Waals surface area contributed by atoms with Crippen LogP contribution in [0.2, 0.25) is 0 Å². The molecule has 0 spiro atoms. The Morgan fingerprint density at radius 2 is 2.15 bits per heavy atom. The van der Waals surface area contributed by atoms with Crippen LogP contribution in [0.15, 0.2) is 24.5 Å². The first-order valence-corrected chi connectivity index (χ1v) is 6.07. The number of ether oxygens (including phenoxy) is 2. The van der Waals surface area contributed by atoms with E-state index >= 15 is 0 Å². The van der Waals surface area contributed by atoms with Gasteiger partial charge in [-0.05, 0) is 26.0 Å². The SMILES string of the molecule is COC(=O)c1ncn(-c2ccc(N)c(OC(C)C)c2)n1. The molecular weight excluding hydrogens is 260 g/mol. The highest BCUT2D eigenvalue weighted by atomic mass is 16.5. The van der Waals surface area contributed by atoms with E-state index in [0.717, 1.165) is 0 Å². The van der Waals surface area contributed by atoms with Gasteiger partial charge in [0.2, 0.25) is 0 Å². The Hall–Kier alpha value is -2.57. The number of nitrogen functional groups attached to an aromatic ring is 1. The number of hydrogen-bond acceptors (Lipinski definition) is 6. The Kier molecular flexibility index (Phi) is 3.88. The van der Waals surface area contributed by atoms with Crippen LogP contribution in [-0.2, 0) is 4.74 Å². The average Bonchev–Trinajstić information content (AvgIpc) is 2.89. The third-order valence-corrected chi connectivity index (χ3v) is 2.48. The lowest BCUT2D eigenvalue weighted by Crippen LogP contribution is -2.08. The first-order chi connectivity index (χ1) is 9.51. The van der Waals surface area contributed by atoms with Gasteiger partial charge >= 0.3 is 5.97 Å². The molecular formula is C13H16N4O3. The van der Waals surface area contributed by atoms with Gasteiger partial charge in [0, 0.05) is 6.07 Å². The van der Waals surface area contributed by atoms with E-state index in [2.05, 4.69) is 14.8 Å². The molecule has 0 saturated carbocycles. The molecule has 20 heavy (non-hydrogen) atoms. The van der Waals surface area contributed by atoms with E-state index in [9.17, 15) is 4.79 Å². The number of methoxy groups -OCH3 is 1. The predicted molar refractivity (Wildman–Crippen MR) is 72.9 cm³/mol. The number of nitrogens with zero attached hydrogens (tertiary/aromatic N) is 3. The lowest BCUT2D eigenvalue weighted by atomic mass is 10.2. The standard InChI is InChI=1S/C13H16N4O3/c1-8(2)20-11-6-9(4-5-10(11)14)17-7-15-12(16-17)13(18)19-3/h4-8H,14H2,1-3H3. The second kappa shape index (κ2) is 5.60. The molecule has 0 amide bonds. The van der Waals surface area contributed by atoms with Crippen LogP contribution in [0.5, 0.6) is 5.75 Å². The molecule has 0 atom stereocenters. The molecule has 2 N–H and O–H groups in total. The van der Waals surface area contributed by atoms with Crippen molar-refractivity contribution in [2.45, 2.75) is 20.0 Å². The minimum absolute atomic E-state index is 0.00403. The van der Waals surface area contributed by atoms with Crippen LogP contribution in [0, 0.1) is 0 Å². The molecule has 0 unspecified atom stereocenters. The summed E-state index contributed by atoms with van der Waals surface area (Å²) in [5.41, 5.74) is 7.08. The van der Waals surface area contributed by atoms with Gasteiger partial charge in [0.25, 0.3) is 5.82 Å². The fraction of sp³-hybridized carbons (Fsp3) is 0.308. The first kappa shape index (κ1) is 13.9. The molecule has 106 valence electrons. The van der Waals surface area contributed by atoms with Crippen molar-refractivity contribution in [1.82, 2.24) is 14.8 Å². The molecule has 1 aromatic heterocycles. The normalized spacial score (nSPS) is 10.6. The topological polar surface area (TPSA) is 92.3 Å². The summed E-state index contributed by atoms with van der Waals surface area (Å²) < 4.78 is 11.6. The van der Waals surface area contributed by atoms with Crippen molar-refractivity contribution >= 4 is 11.7 Å². The van der Waals surface area contributed by atoms with E-state index in [1.54, 1.807) is 18.2 Å². The van der Waals surface area contributed by atoms with Gasteiger partial charge in [-0.1, -0.05) is 0 Å². The summed E-state index contributed by atoms with van der Waals surface area (Å²) in [6.07, 6.45) is 1.44. The Bertz CT molecular complexity index is 622. The number of anilines is 1. The van der Waals surface area contributed by atoms with Crippen LogP contribution in [0.1, 0.15) is 24.5 Å². The molecule has 0 radical (unpaired) electrons. The highest BCUT2D eigenvalue weighted by Gasteiger charge is 2.13. The number of carbonyl (C=O) groups is 1. The largest absolute Gasteiger partial charge is 0.489 e. The monoisotopic (exact) mass is 276 g/mol. The van der Waals surface area contributed by atoms with Crippen molar-refractivity contribution in [2.24, 2.45) is 0 Å². The molecule has 1 heterocycles. The number of carbonyl (C=O) groups excluding carboxylic acids is 1. The molecule has 7 nitrogen and oxygen atoms in total. The van der Waals surface area contributed by atoms with Gasteiger partial charge in [-0.2, -0.15) is 0 Å². The molecule has 2 aromatic rings. The zero-order valence-electron chi connectivity index (χ0n) is 11.5. The summed E-state index contributed by atoms with van der Waals surface area (Å²) in [4.78, 5) is 15.2. The van der Waals surface area contributed by atoms with Crippen LogP contribution in [-0.4, -0.2) is 33.9 Å². The highest BCUT2D eigenvalue weighted by Crippen LogP contribution is 2.25. The number of aromatic nitrogens is 3. The number of esters is 1. The Morgan fingerprint density at radius 1 is 1.40 bits per heavy atom. The zero-order valence-corrected chi connectivity index (χ0v) is 11.5. The van der Waals surface area contributed by atoms with Gasteiger partial charge in [-0.25, -0.2) is 14.5 Å². The second-order valence-electron chi connectivity index (χ2n) is 4.39. The van der Waals surface area contributed by atoms with E-state index in [0.29, 0.717) is 17.1 Å². The summed E-state index contributed by atoms with van der Waals surface area (Å²) in [6, 6.07) is 5.22. The second-order valence-corrected chi connectivity index (χ2v) is 4.39. The lowest BCUT2D eigenvalue weighted by molar-refractivity contribution is 0.0587. The van der Waals surface area contributed by atoms with Crippen LogP contribution in [0.4, 0.5) is 5.69 Å². The Labute approximate surface area is 116 Å². The first-order valence-electron chi connectivity index (χ1n) is 6.07. The molecule has 2 rings (SSSR count). The highest BCUT2D eigenvalue weighted by molar-refractivity contribution is 5.84. The molecule has 0 bridgehead atoms. The van der Waals surface area contributed by atoms with Gasteiger partial charge < -0.3 is 15.2 Å². The summed E-state index contributed by atoms with van der Waals surface area (Å²) in [5.74, 6) is -0.0267. The molecule has 0 aliphatic carbocycles. The minimum atomic E-state index is -0.585. The predicted octanol–water partition coefficient (Wildman–Crippen LogP) is 1.42. The Balaban J connectivity index is 2.33. The van der Waals surface area contributed by atoms with E-state index < -0.39 is 5.97 Å². The fourth-order valence-corrected chi connectivity index (χ4v) is 1.59. The van der Waals surface area contributed by atoms with Gasteiger partial charge in [-0.15, -0.1) is 5.10 Å². The number of benzene rings is 1. The van der Waals surface area contributed by atoms with Crippen LogP contribution in [0.25, 0.3) is 5.69 Å². The van der Waals surface area contributed by atoms with Crippen molar-refractivity contribution in [3.63, 3.8) is 0 Å². The molecule has 0 aliphatic rings. The van der Waals surface area contributed by atoms with Crippen molar-refractivity contribution in [2.75, 3.05) is 12.8 Å². The quantitative estimate of drug-likeness (QED) is 0.670. The van der Waals surface area contributed by atoms with Crippen molar-refractivity contribution < 1.29 is 14.3 Å². The maximum absolute atomic E-state index is 11.3. The zero-order chi connectivity index (χ0) is 14.7. The number of hydrogen-bond donors (Lipinski definition) is 1. The molecule has 7 heteroatoms. The van der Waals surface area contributed by atoms with Gasteiger partial charge in [-0.3, -0.25) is 0 Å². The lowest BCUT2D eigenvalue weighted by Gasteiger charge is -2.13. The smallest absolute Gasteiger partial charge is 0.377 e. The molecule has 0 fully saturated rings. The van der Waals surface area contributed by atoms with E-state index in [1.165, 1.54) is 18.1 Å². The van der Waals surface area contributed by atoms with Gasteiger partial charge in [0.05, 0.1) is 24.6 Å². The summed E-state index contributed by atoms with van der Waals surface area (Å²) in [7, 11) is 1.28. The molecule has 0 saturated heterocycles. The maximum atomic E-state index is 11.3. The number of rotatable bonds is 4. The van der Waals surface area contributed by atoms with Crippen LogP contribution < -0.4 is 10.5 Å². The van der Waals surface area contributed by atoms with E-state index in [4.69, 9.17) is 10.5 Å². The van der Waals surface area contributed by atoms with Crippen molar-refractivity contribution in [3.8, 4) is 11.4 Å². The molecule has 0 aliphatic heterocycles. The fourth-order valence-electron chi connectivity index (χ4n) is 1.59. The van der Waals surface area contributed by atoms with E-state index in [1.807, 2.05) is 13.8 Å². The summed E-state index contributed by atoms with van der Waals surface area (Å²) in [5, 5.41) is 4.04. The average molecular weight is 276 g/mol. The third-order valence-electron chi connectivity index (χ3n) is 2.48. The van der Waals surface area contributed by atoms with Gasteiger partial charge in [0.1, 0.15) is 12.1 Å². The third kappa shape index (κ3) is 2.87. The molecule has 1 aromatic carbocycles. The van der Waals surface area contributed by atoms with Crippen molar-refractivity contribution in [1.29, 1.82) is 0 Å². The maximum Gasteiger partial charge on any atom is 0.377 e. The summed E-state index contributed by atoms with van der Waals surface area (Å²) in [6.45, 7) is 3.83. The number of nitrogens with two attached hydrogens (primary N) is 1. The minimum Gasteiger partial charge on any atom is -0.489 e. The van der Waals surface area contributed by atoms with Gasteiger partial charge in [0.15, 0.2) is 0 Å². The van der Waals surface area contributed by atoms with Crippen LogP contribution >= 0.6 is 0 Å². The summed E-state index contributed by atoms with van der Waals surface area (Å²) >= 11 is 0. The van der Waals surface area contributed by atoms with E-state index in [-0.39, 0.29) is 11.9 Å². The van der Waals surface area contributed by atoms with Crippen molar-refractivity contribution in [3.05, 3.63) is 30.4 Å². The Morgan fingerprint density at radius 3 is 2.80 bits per heavy atom. The van der Waals surface area contributed by atoms with Crippen LogP contribution in [0.3, 0.4) is 0 Å².